The number of ether oxygens (including phenoxy) is 1. The van der Waals surface area contributed by atoms with Crippen molar-refractivity contribution in [2.75, 3.05) is 19.6 Å². The van der Waals surface area contributed by atoms with E-state index in [2.05, 4.69) is 17.0 Å². The van der Waals surface area contributed by atoms with Crippen LogP contribution >= 0.6 is 12.4 Å². The Labute approximate surface area is 298 Å². The van der Waals surface area contributed by atoms with Crippen LogP contribution in [-0.4, -0.2) is 45.2 Å². The molecule has 49 heavy (non-hydrogen) atoms. The number of hydrogen-bond donors (Lipinski definition) is 0. The summed E-state index contributed by atoms with van der Waals surface area (Å²) in [6, 6.07) is 4.61. The predicted molar refractivity (Wildman–Crippen MR) is 195 cm³/mol. The second kappa shape index (κ2) is 20.2. The zero-order chi connectivity index (χ0) is 33.7. The highest BCUT2D eigenvalue weighted by atomic mass is 35.5. The highest BCUT2D eigenvalue weighted by Gasteiger charge is 2.29. The number of carbonyl (C=O) groups excluding carboxylic acids is 1. The molecule has 2 aliphatic heterocycles. The number of rotatable bonds is 19. The number of benzene rings is 1. The van der Waals surface area contributed by atoms with Gasteiger partial charge in [0.15, 0.2) is 17.5 Å². The molecular formula is C39H58ClFN4O4. The minimum absolute atomic E-state index is 0. The van der Waals surface area contributed by atoms with Gasteiger partial charge in [0.05, 0.1) is 5.69 Å². The van der Waals surface area contributed by atoms with E-state index in [4.69, 9.17) is 14.2 Å². The van der Waals surface area contributed by atoms with Crippen LogP contribution in [0.25, 0.3) is 11.0 Å². The molecule has 0 amide bonds. The third-order valence-corrected chi connectivity index (χ3v) is 10.5. The molecule has 1 atom stereocenters. The largest absolute Gasteiger partial charge is 0.454 e. The number of piperidine rings is 1. The molecule has 0 saturated carbocycles. The maximum absolute atomic E-state index is 13.6. The lowest BCUT2D eigenvalue weighted by Gasteiger charge is -2.31. The molecule has 0 radical (unpaired) electrons. The van der Waals surface area contributed by atoms with E-state index in [0.717, 1.165) is 74.1 Å². The highest BCUT2D eigenvalue weighted by Crippen LogP contribution is 2.33. The van der Waals surface area contributed by atoms with Crippen LogP contribution in [-0.2, 0) is 22.5 Å². The first-order valence-electron chi connectivity index (χ1n) is 19.0. The molecule has 0 bridgehead atoms. The Morgan fingerprint density at radius 1 is 0.939 bits per heavy atom. The van der Waals surface area contributed by atoms with Crippen LogP contribution < -0.4 is 5.56 Å². The van der Waals surface area contributed by atoms with Gasteiger partial charge in [-0.3, -0.25) is 14.2 Å². The quantitative estimate of drug-likeness (QED) is 0.0909. The molecule has 5 rings (SSSR count). The molecule has 3 aromatic rings. The van der Waals surface area contributed by atoms with Gasteiger partial charge in [-0.1, -0.05) is 89.1 Å². The molecular weight excluding hydrogens is 643 g/mol. The molecule has 1 saturated heterocycles. The number of aromatic nitrogens is 3. The number of halogens is 2. The van der Waals surface area contributed by atoms with Gasteiger partial charge in [0.1, 0.15) is 5.82 Å². The van der Waals surface area contributed by atoms with E-state index < -0.39 is 6.10 Å². The van der Waals surface area contributed by atoms with Gasteiger partial charge in [-0.15, -0.1) is 12.4 Å². The minimum Gasteiger partial charge on any atom is -0.454 e. The molecule has 1 fully saturated rings. The van der Waals surface area contributed by atoms with Crippen molar-refractivity contribution in [2.45, 2.75) is 154 Å². The number of hydrogen-bond acceptors (Lipinski definition) is 7. The summed E-state index contributed by atoms with van der Waals surface area (Å²) in [5.74, 6) is 0.378. The SMILES string of the molecule is CCCCCCCCCCCCCCCC(=O)OC1CCCn2c1nc(C)c(CCN1CCC(c3noc4cc(F)ccc34)CC1)c2=O.Cl. The summed E-state index contributed by atoms with van der Waals surface area (Å²) >= 11 is 0. The topological polar surface area (TPSA) is 90.5 Å². The lowest BCUT2D eigenvalue weighted by atomic mass is 9.91. The highest BCUT2D eigenvalue weighted by molar-refractivity contribution is 5.85. The van der Waals surface area contributed by atoms with Gasteiger partial charge in [0.25, 0.3) is 5.56 Å². The van der Waals surface area contributed by atoms with Crippen molar-refractivity contribution in [2.24, 2.45) is 0 Å². The van der Waals surface area contributed by atoms with E-state index >= 15 is 0 Å². The van der Waals surface area contributed by atoms with Gasteiger partial charge in [-0.05, 0) is 70.7 Å². The summed E-state index contributed by atoms with van der Waals surface area (Å²) in [6.45, 7) is 7.37. The van der Waals surface area contributed by atoms with Crippen LogP contribution in [0.15, 0.2) is 27.5 Å². The van der Waals surface area contributed by atoms with Gasteiger partial charge < -0.3 is 14.2 Å². The fourth-order valence-electron chi connectivity index (χ4n) is 7.58. The maximum atomic E-state index is 13.6. The van der Waals surface area contributed by atoms with Crippen molar-refractivity contribution in [1.82, 2.24) is 19.6 Å². The Balaban J connectivity index is 0.00000541. The smallest absolute Gasteiger partial charge is 0.306 e. The molecule has 272 valence electrons. The second-order valence-corrected chi connectivity index (χ2v) is 14.2. The Kier molecular flexibility index (Phi) is 16.1. The summed E-state index contributed by atoms with van der Waals surface area (Å²) in [7, 11) is 0. The lowest BCUT2D eigenvalue weighted by molar-refractivity contribution is -0.151. The summed E-state index contributed by atoms with van der Waals surface area (Å²) in [5, 5.41) is 5.16. The van der Waals surface area contributed by atoms with Crippen LogP contribution in [0, 0.1) is 12.7 Å². The van der Waals surface area contributed by atoms with Crippen molar-refractivity contribution < 1.29 is 18.4 Å². The van der Waals surface area contributed by atoms with Gasteiger partial charge in [-0.25, -0.2) is 9.37 Å². The van der Waals surface area contributed by atoms with Crippen LogP contribution in [0.2, 0.25) is 0 Å². The number of aryl methyl sites for hydroxylation is 1. The summed E-state index contributed by atoms with van der Waals surface area (Å²) in [5.41, 5.74) is 2.91. The molecule has 8 nitrogen and oxygen atoms in total. The molecule has 0 aliphatic carbocycles. The monoisotopic (exact) mass is 700 g/mol. The predicted octanol–water partition coefficient (Wildman–Crippen LogP) is 9.54. The Morgan fingerprint density at radius 3 is 2.27 bits per heavy atom. The second-order valence-electron chi connectivity index (χ2n) is 14.2. The third-order valence-electron chi connectivity index (χ3n) is 10.5. The average molecular weight is 701 g/mol. The first-order chi connectivity index (χ1) is 23.4. The van der Waals surface area contributed by atoms with Crippen LogP contribution in [0.5, 0.6) is 0 Å². The van der Waals surface area contributed by atoms with E-state index in [9.17, 15) is 14.0 Å². The van der Waals surface area contributed by atoms with E-state index in [0.29, 0.717) is 37.2 Å². The number of fused-ring (bicyclic) bond motifs is 2. The lowest BCUT2D eigenvalue weighted by Crippen LogP contribution is -2.38. The van der Waals surface area contributed by atoms with E-state index in [1.54, 1.807) is 10.6 Å². The van der Waals surface area contributed by atoms with Crippen LogP contribution in [0.1, 0.15) is 157 Å². The van der Waals surface area contributed by atoms with Crippen LogP contribution in [0.3, 0.4) is 0 Å². The van der Waals surface area contributed by atoms with E-state index in [1.165, 1.54) is 82.8 Å². The number of esters is 1. The Bertz CT molecular complexity index is 1520. The van der Waals surface area contributed by atoms with E-state index in [-0.39, 0.29) is 35.7 Å². The number of unbranched alkanes of at least 4 members (excludes halogenated alkanes) is 12. The molecule has 1 unspecified atom stereocenters. The Hall–Kier alpha value is -2.78. The first-order valence-corrected chi connectivity index (χ1v) is 19.0. The van der Waals surface area contributed by atoms with Gasteiger partial charge in [0, 0.05) is 48.1 Å². The average Bonchev–Trinajstić information content (AvgIpc) is 3.50. The fourth-order valence-corrected chi connectivity index (χ4v) is 7.58. The number of likely N-dealkylation sites (tertiary alicyclic amines) is 1. The number of nitrogens with zero attached hydrogens (tertiary/aromatic N) is 4. The zero-order valence-corrected chi connectivity index (χ0v) is 30.7. The first kappa shape index (κ1) is 39.0. The Morgan fingerprint density at radius 2 is 1.59 bits per heavy atom. The summed E-state index contributed by atoms with van der Waals surface area (Å²) in [4.78, 5) is 33.6. The molecule has 1 aromatic carbocycles. The summed E-state index contributed by atoms with van der Waals surface area (Å²) in [6.07, 6.45) is 20.5. The molecule has 2 aromatic heterocycles. The molecule has 4 heterocycles. The van der Waals surface area contributed by atoms with Crippen molar-refractivity contribution in [3.63, 3.8) is 0 Å². The minimum atomic E-state index is -0.447. The standard InChI is InChI=1S/C39H57FN4O4.ClH/c1-3-4-5-6-7-8-9-10-11-12-13-14-15-18-36(45)47-34-17-16-24-44-38(34)41-29(2)32(39(44)46)23-27-43-25-21-30(22-26-43)37-33-20-19-31(40)28-35(33)48-42-37;/h19-20,28,30,34H,3-18,21-27H2,1-2H3;1H. The van der Waals surface area contributed by atoms with Gasteiger partial charge in [0.2, 0.25) is 0 Å². The fraction of sp³-hybridized carbons (Fsp3) is 0.692. The van der Waals surface area contributed by atoms with Gasteiger partial charge in [-0.2, -0.15) is 0 Å². The van der Waals surface area contributed by atoms with Crippen LogP contribution in [0.4, 0.5) is 4.39 Å². The van der Waals surface area contributed by atoms with Crippen molar-refractivity contribution in [3.05, 3.63) is 57.1 Å². The zero-order valence-electron chi connectivity index (χ0n) is 29.9. The van der Waals surface area contributed by atoms with Crippen molar-refractivity contribution >= 4 is 29.3 Å². The summed E-state index contributed by atoms with van der Waals surface area (Å²) < 4.78 is 26.6. The molecule has 0 spiro atoms. The van der Waals surface area contributed by atoms with Crippen molar-refractivity contribution in [1.29, 1.82) is 0 Å². The van der Waals surface area contributed by atoms with Gasteiger partial charge >= 0.3 is 5.97 Å². The molecule has 0 N–H and O–H groups in total. The molecule has 10 heteroatoms. The normalized spacial score (nSPS) is 16.8. The number of carbonyl (C=O) groups is 1. The maximum Gasteiger partial charge on any atom is 0.306 e. The van der Waals surface area contributed by atoms with Crippen molar-refractivity contribution in [3.8, 4) is 0 Å². The molecule has 2 aliphatic rings. The van der Waals surface area contributed by atoms with E-state index in [1.807, 2.05) is 6.92 Å². The third kappa shape index (κ3) is 11.1.